The van der Waals surface area contributed by atoms with Gasteiger partial charge in [-0.15, -0.1) is 0 Å². The van der Waals surface area contributed by atoms with Crippen molar-refractivity contribution in [3.8, 4) is 11.7 Å². The highest BCUT2D eigenvalue weighted by Gasteiger charge is 2.12. The van der Waals surface area contributed by atoms with Crippen LogP contribution in [0.3, 0.4) is 0 Å². The minimum Gasteiger partial charge on any atom is -0.459 e. The number of nitrogens with two attached hydrogens (primary N) is 1. The summed E-state index contributed by atoms with van der Waals surface area (Å²) in [6, 6.07) is 11.6. The Balaban J connectivity index is 1.44. The molecule has 0 saturated carbocycles. The second kappa shape index (κ2) is 7.46. The van der Waals surface area contributed by atoms with Crippen molar-refractivity contribution in [1.82, 2.24) is 20.0 Å². The number of primary amides is 1. The molecule has 3 heterocycles. The maximum absolute atomic E-state index is 11.1. The van der Waals surface area contributed by atoms with Crippen molar-refractivity contribution in [2.45, 2.75) is 26.1 Å². The second-order valence-electron chi connectivity index (χ2n) is 6.18. The number of nitrogens with one attached hydrogen (secondary N) is 1. The van der Waals surface area contributed by atoms with E-state index in [1.807, 2.05) is 24.4 Å². The van der Waals surface area contributed by atoms with E-state index in [-0.39, 0.29) is 5.91 Å². The molecule has 138 valence electrons. The molecule has 0 saturated heterocycles. The monoisotopic (exact) mass is 365 g/mol. The molecule has 8 nitrogen and oxygen atoms in total. The molecule has 0 spiro atoms. The summed E-state index contributed by atoms with van der Waals surface area (Å²) in [4.78, 5) is 15.4. The fourth-order valence-corrected chi connectivity index (χ4v) is 3.01. The van der Waals surface area contributed by atoms with Gasteiger partial charge in [0.2, 0.25) is 5.91 Å². The molecule has 4 aromatic rings. The molecule has 1 aromatic carbocycles. The molecule has 0 fully saturated rings. The van der Waals surface area contributed by atoms with Crippen LogP contribution in [-0.2, 0) is 24.4 Å². The molecular formula is C19H19N5O3. The molecule has 0 bridgehead atoms. The fraction of sp³-hybridized carbons (Fsp3) is 0.211. The molecule has 3 N–H and O–H groups in total. The quantitative estimate of drug-likeness (QED) is 0.496. The van der Waals surface area contributed by atoms with E-state index in [1.165, 1.54) is 0 Å². The van der Waals surface area contributed by atoms with Gasteiger partial charge in [-0.25, -0.2) is 0 Å². The number of carbonyl (C=O) groups excluding carboxylic acids is 1. The molecule has 3 aromatic heterocycles. The Morgan fingerprint density at radius 3 is 2.89 bits per heavy atom. The smallest absolute Gasteiger partial charge is 0.293 e. The SMILES string of the molecule is NC(=O)CCn1cc(CNCc2noc(-c3ccco3)n2)c2ccccc21. The zero-order valence-electron chi connectivity index (χ0n) is 14.6. The van der Waals surface area contributed by atoms with E-state index in [1.54, 1.807) is 18.4 Å². The van der Waals surface area contributed by atoms with Crippen LogP contribution in [0, 0.1) is 0 Å². The van der Waals surface area contributed by atoms with E-state index in [0.29, 0.717) is 43.5 Å². The van der Waals surface area contributed by atoms with E-state index >= 15 is 0 Å². The van der Waals surface area contributed by atoms with Crippen LogP contribution in [0.5, 0.6) is 0 Å². The number of fused-ring (bicyclic) bond motifs is 1. The first-order valence-electron chi connectivity index (χ1n) is 8.63. The number of carbonyl (C=O) groups is 1. The molecule has 0 unspecified atom stereocenters. The van der Waals surface area contributed by atoms with Gasteiger partial charge in [0.25, 0.3) is 5.89 Å². The third kappa shape index (κ3) is 3.75. The molecule has 1 amide bonds. The zero-order valence-corrected chi connectivity index (χ0v) is 14.6. The lowest BCUT2D eigenvalue weighted by Crippen LogP contribution is -2.14. The normalized spacial score (nSPS) is 11.3. The lowest BCUT2D eigenvalue weighted by molar-refractivity contribution is -0.118. The molecule has 0 atom stereocenters. The standard InChI is InChI=1S/C19H19N5O3/c20-17(25)7-8-24-12-13(14-4-1-2-5-15(14)24)10-21-11-18-22-19(27-23-18)16-6-3-9-26-16/h1-6,9,12,21H,7-8,10-11H2,(H2,20,25). The average Bonchev–Trinajstić information content (AvgIpc) is 3.40. The summed E-state index contributed by atoms with van der Waals surface area (Å²) < 4.78 is 12.5. The van der Waals surface area contributed by atoms with Crippen molar-refractivity contribution >= 4 is 16.8 Å². The van der Waals surface area contributed by atoms with Crippen LogP contribution in [0.2, 0.25) is 0 Å². The largest absolute Gasteiger partial charge is 0.459 e. The number of para-hydroxylation sites is 1. The number of aromatic nitrogens is 3. The Morgan fingerprint density at radius 2 is 2.07 bits per heavy atom. The molecule has 8 heteroatoms. The van der Waals surface area contributed by atoms with Gasteiger partial charge in [0.15, 0.2) is 11.6 Å². The number of amides is 1. The predicted molar refractivity (Wildman–Crippen MR) is 98.3 cm³/mol. The van der Waals surface area contributed by atoms with Crippen LogP contribution < -0.4 is 11.1 Å². The highest BCUT2D eigenvalue weighted by Crippen LogP contribution is 2.22. The summed E-state index contributed by atoms with van der Waals surface area (Å²) in [6.45, 7) is 1.66. The van der Waals surface area contributed by atoms with Crippen molar-refractivity contribution in [3.05, 3.63) is 60.2 Å². The summed E-state index contributed by atoms with van der Waals surface area (Å²) in [5, 5.41) is 8.42. The summed E-state index contributed by atoms with van der Waals surface area (Å²) in [6.07, 6.45) is 3.92. The summed E-state index contributed by atoms with van der Waals surface area (Å²) in [5.41, 5.74) is 7.49. The molecular weight excluding hydrogens is 346 g/mol. The van der Waals surface area contributed by atoms with Crippen LogP contribution in [0.1, 0.15) is 17.8 Å². The third-order valence-corrected chi connectivity index (χ3v) is 4.27. The zero-order chi connectivity index (χ0) is 18.6. The summed E-state index contributed by atoms with van der Waals surface area (Å²) >= 11 is 0. The van der Waals surface area contributed by atoms with E-state index in [0.717, 1.165) is 16.5 Å². The number of hydrogen-bond acceptors (Lipinski definition) is 6. The number of hydrogen-bond donors (Lipinski definition) is 2. The lowest BCUT2D eigenvalue weighted by Gasteiger charge is -2.02. The van der Waals surface area contributed by atoms with Crippen LogP contribution in [0.15, 0.2) is 57.8 Å². The van der Waals surface area contributed by atoms with E-state index in [4.69, 9.17) is 14.7 Å². The second-order valence-corrected chi connectivity index (χ2v) is 6.18. The van der Waals surface area contributed by atoms with Gasteiger partial charge < -0.3 is 24.6 Å². The third-order valence-electron chi connectivity index (χ3n) is 4.27. The highest BCUT2D eigenvalue weighted by molar-refractivity contribution is 5.84. The Hall–Kier alpha value is -3.39. The van der Waals surface area contributed by atoms with Crippen LogP contribution >= 0.6 is 0 Å². The van der Waals surface area contributed by atoms with Crippen molar-refractivity contribution < 1.29 is 13.7 Å². The first kappa shape index (κ1) is 17.0. The van der Waals surface area contributed by atoms with Gasteiger partial charge in [0.05, 0.1) is 12.8 Å². The minimum absolute atomic E-state index is 0.308. The van der Waals surface area contributed by atoms with Crippen molar-refractivity contribution in [3.63, 3.8) is 0 Å². The molecule has 0 radical (unpaired) electrons. The number of nitrogens with zero attached hydrogens (tertiary/aromatic N) is 3. The van der Waals surface area contributed by atoms with Gasteiger partial charge >= 0.3 is 0 Å². The maximum atomic E-state index is 11.1. The van der Waals surface area contributed by atoms with Crippen LogP contribution in [0.25, 0.3) is 22.6 Å². The van der Waals surface area contributed by atoms with E-state index in [2.05, 4.69) is 26.1 Å². The fourth-order valence-electron chi connectivity index (χ4n) is 3.01. The minimum atomic E-state index is -0.308. The highest BCUT2D eigenvalue weighted by atomic mass is 16.5. The molecule has 0 aliphatic carbocycles. The number of aryl methyl sites for hydroxylation is 1. The topological polar surface area (TPSA) is 112 Å². The van der Waals surface area contributed by atoms with Crippen LogP contribution in [0.4, 0.5) is 0 Å². The number of furan rings is 1. The molecule has 0 aliphatic rings. The van der Waals surface area contributed by atoms with E-state index < -0.39 is 0 Å². The first-order valence-corrected chi connectivity index (χ1v) is 8.63. The Labute approximate surface area is 155 Å². The number of benzene rings is 1. The van der Waals surface area contributed by atoms with Gasteiger partial charge in [-0.05, 0) is 23.8 Å². The van der Waals surface area contributed by atoms with Crippen molar-refractivity contribution in [2.24, 2.45) is 5.73 Å². The number of rotatable bonds is 8. The Morgan fingerprint density at radius 1 is 1.19 bits per heavy atom. The van der Waals surface area contributed by atoms with Gasteiger partial charge in [0.1, 0.15) is 0 Å². The Kier molecular flexibility index (Phi) is 4.71. The van der Waals surface area contributed by atoms with Crippen molar-refractivity contribution in [1.29, 1.82) is 0 Å². The molecule has 0 aliphatic heterocycles. The first-order chi connectivity index (χ1) is 13.2. The van der Waals surface area contributed by atoms with Crippen molar-refractivity contribution in [2.75, 3.05) is 0 Å². The lowest BCUT2D eigenvalue weighted by atomic mass is 10.2. The predicted octanol–water partition coefficient (Wildman–Crippen LogP) is 2.45. The van der Waals surface area contributed by atoms with Gasteiger partial charge in [-0.1, -0.05) is 23.4 Å². The molecule has 27 heavy (non-hydrogen) atoms. The molecule has 4 rings (SSSR count). The maximum Gasteiger partial charge on any atom is 0.293 e. The van der Waals surface area contributed by atoms with E-state index in [9.17, 15) is 4.79 Å². The van der Waals surface area contributed by atoms with Crippen LogP contribution in [-0.4, -0.2) is 20.6 Å². The summed E-state index contributed by atoms with van der Waals surface area (Å²) in [7, 11) is 0. The van der Waals surface area contributed by atoms with Gasteiger partial charge in [0, 0.05) is 36.6 Å². The van der Waals surface area contributed by atoms with Gasteiger partial charge in [-0.3, -0.25) is 4.79 Å². The Bertz CT molecular complexity index is 1050. The summed E-state index contributed by atoms with van der Waals surface area (Å²) in [5.74, 6) is 1.15. The average molecular weight is 365 g/mol. The van der Waals surface area contributed by atoms with Gasteiger partial charge in [-0.2, -0.15) is 4.98 Å².